The highest BCUT2D eigenvalue weighted by Gasteiger charge is 2.21. The first-order valence-corrected chi connectivity index (χ1v) is 19.9. The molecule has 0 spiro atoms. The Hall–Kier alpha value is -7.75. The van der Waals surface area contributed by atoms with Crippen LogP contribution in [0.5, 0.6) is 0 Å². The van der Waals surface area contributed by atoms with Crippen LogP contribution < -0.4 is 0 Å². The molecule has 3 nitrogen and oxygen atoms in total. The second-order valence-electron chi connectivity index (χ2n) is 15.2. The highest BCUT2D eigenvalue weighted by atomic mass is 15.1. The van der Waals surface area contributed by atoms with Crippen molar-refractivity contribution in [1.82, 2.24) is 14.0 Å². The average molecular weight is 738 g/mol. The lowest BCUT2D eigenvalue weighted by molar-refractivity contribution is 1.08. The Kier molecular flexibility index (Phi) is 7.23. The van der Waals surface area contributed by atoms with Crippen molar-refractivity contribution in [2.75, 3.05) is 0 Å². The predicted molar refractivity (Wildman–Crippen MR) is 244 cm³/mol. The van der Waals surface area contributed by atoms with Crippen molar-refractivity contribution in [3.05, 3.63) is 212 Å². The van der Waals surface area contributed by atoms with E-state index in [1.807, 2.05) is 0 Å². The van der Waals surface area contributed by atoms with Crippen LogP contribution in [0.15, 0.2) is 212 Å². The summed E-state index contributed by atoms with van der Waals surface area (Å²) in [6, 6.07) is 76.7. The molecule has 0 bridgehead atoms. The maximum atomic E-state index is 5.52. The van der Waals surface area contributed by atoms with E-state index in [1.54, 1.807) is 0 Å². The van der Waals surface area contributed by atoms with Gasteiger partial charge in [0.2, 0.25) is 0 Å². The fourth-order valence-corrected chi connectivity index (χ4v) is 9.18. The third kappa shape index (κ3) is 5.04. The quantitative estimate of drug-likeness (QED) is 0.161. The van der Waals surface area contributed by atoms with Gasteiger partial charge in [-0.15, -0.1) is 0 Å². The zero-order valence-corrected chi connectivity index (χ0v) is 31.5. The van der Waals surface area contributed by atoms with E-state index in [0.29, 0.717) is 0 Å². The van der Waals surface area contributed by atoms with Gasteiger partial charge in [0.25, 0.3) is 0 Å². The van der Waals surface area contributed by atoms with Crippen LogP contribution in [-0.2, 0) is 0 Å². The molecule has 270 valence electrons. The second kappa shape index (κ2) is 12.9. The van der Waals surface area contributed by atoms with Gasteiger partial charge in [0.05, 0.1) is 33.3 Å². The summed E-state index contributed by atoms with van der Waals surface area (Å²) in [6.45, 7) is 0. The van der Waals surface area contributed by atoms with Crippen molar-refractivity contribution in [3.63, 3.8) is 0 Å². The standard InChI is InChI=1S/C55H35N3/c1-3-13-36(14-4-1)38-23-25-40(26-24-38)43-33-48(41-29-27-39(28-30-41)37-15-5-2-6-16-37)56-53(35-43)57-50-22-12-10-20-47(50)54-51(57)32-31-42-34-52-46-19-8-7-17-44(46)45-18-9-11-21-49(45)58(52)55(42)54/h1-35H. The molecule has 0 unspecified atom stereocenters. The van der Waals surface area contributed by atoms with Gasteiger partial charge in [-0.05, 0) is 75.2 Å². The molecular weight excluding hydrogens is 703 g/mol. The van der Waals surface area contributed by atoms with Crippen LogP contribution in [0.1, 0.15) is 0 Å². The van der Waals surface area contributed by atoms with E-state index in [1.165, 1.54) is 71.1 Å². The van der Waals surface area contributed by atoms with Crippen LogP contribution in [0, 0.1) is 0 Å². The molecule has 12 aromatic rings. The monoisotopic (exact) mass is 737 g/mol. The van der Waals surface area contributed by atoms with Crippen molar-refractivity contribution in [2.45, 2.75) is 0 Å². The number of nitrogens with zero attached hydrogens (tertiary/aromatic N) is 3. The summed E-state index contributed by atoms with van der Waals surface area (Å²) in [7, 11) is 0. The van der Waals surface area contributed by atoms with E-state index < -0.39 is 0 Å². The number of pyridine rings is 2. The Labute approximate surface area is 335 Å². The number of rotatable bonds is 5. The smallest absolute Gasteiger partial charge is 0.138 e. The number of aromatic nitrogens is 3. The molecule has 3 heteroatoms. The van der Waals surface area contributed by atoms with Gasteiger partial charge >= 0.3 is 0 Å². The molecule has 0 aliphatic carbocycles. The van der Waals surface area contributed by atoms with Gasteiger partial charge in [-0.25, -0.2) is 4.98 Å². The van der Waals surface area contributed by atoms with Gasteiger partial charge in [-0.3, -0.25) is 4.57 Å². The fraction of sp³-hybridized carbons (Fsp3) is 0. The molecule has 12 rings (SSSR count). The second-order valence-corrected chi connectivity index (χ2v) is 15.2. The molecule has 4 heterocycles. The molecule has 0 amide bonds. The molecule has 0 aliphatic heterocycles. The summed E-state index contributed by atoms with van der Waals surface area (Å²) in [5, 5.41) is 7.42. The van der Waals surface area contributed by atoms with E-state index in [2.05, 4.69) is 221 Å². The van der Waals surface area contributed by atoms with Gasteiger partial charge in [-0.1, -0.05) is 176 Å². The van der Waals surface area contributed by atoms with Crippen LogP contribution in [0.3, 0.4) is 0 Å². The maximum absolute atomic E-state index is 5.52. The van der Waals surface area contributed by atoms with E-state index in [-0.39, 0.29) is 0 Å². The molecule has 58 heavy (non-hydrogen) atoms. The first-order chi connectivity index (χ1) is 28.8. The summed E-state index contributed by atoms with van der Waals surface area (Å²) in [6.07, 6.45) is 0. The van der Waals surface area contributed by atoms with Crippen LogP contribution in [0.4, 0.5) is 0 Å². The summed E-state index contributed by atoms with van der Waals surface area (Å²) >= 11 is 0. The normalized spacial score (nSPS) is 11.8. The fourth-order valence-electron chi connectivity index (χ4n) is 9.18. The lowest BCUT2D eigenvalue weighted by atomic mass is 9.98. The third-order valence-electron chi connectivity index (χ3n) is 11.9. The number of fused-ring (bicyclic) bond motifs is 12. The van der Waals surface area contributed by atoms with E-state index >= 15 is 0 Å². The summed E-state index contributed by atoms with van der Waals surface area (Å²) < 4.78 is 4.86. The third-order valence-corrected chi connectivity index (χ3v) is 11.9. The molecule has 0 aliphatic rings. The number of benzene rings is 8. The molecular formula is C55H35N3. The molecule has 0 radical (unpaired) electrons. The van der Waals surface area contributed by atoms with Crippen molar-refractivity contribution in [1.29, 1.82) is 0 Å². The van der Waals surface area contributed by atoms with Crippen LogP contribution in [0.2, 0.25) is 0 Å². The Balaban J connectivity index is 1.12. The minimum Gasteiger partial charge on any atom is -0.308 e. The van der Waals surface area contributed by atoms with Crippen molar-refractivity contribution < 1.29 is 0 Å². The van der Waals surface area contributed by atoms with Crippen molar-refractivity contribution >= 4 is 59.9 Å². The zero-order valence-electron chi connectivity index (χ0n) is 31.5. The van der Waals surface area contributed by atoms with E-state index in [9.17, 15) is 0 Å². The van der Waals surface area contributed by atoms with E-state index in [4.69, 9.17) is 4.98 Å². The Morgan fingerprint density at radius 3 is 1.47 bits per heavy atom. The first-order valence-electron chi connectivity index (χ1n) is 19.9. The Bertz CT molecular complexity index is 3420. The highest BCUT2D eigenvalue weighted by molar-refractivity contribution is 6.24. The Morgan fingerprint density at radius 2 is 0.810 bits per heavy atom. The van der Waals surface area contributed by atoms with Crippen LogP contribution in [0.25, 0.3) is 110 Å². The Morgan fingerprint density at radius 1 is 0.310 bits per heavy atom. The minimum atomic E-state index is 0.883. The lowest BCUT2D eigenvalue weighted by Gasteiger charge is -2.14. The summed E-state index contributed by atoms with van der Waals surface area (Å²) in [5.74, 6) is 0.883. The van der Waals surface area contributed by atoms with Crippen molar-refractivity contribution in [2.24, 2.45) is 0 Å². The minimum absolute atomic E-state index is 0.883. The number of hydrogen-bond donors (Lipinski definition) is 0. The molecule has 0 N–H and O–H groups in total. The number of para-hydroxylation sites is 2. The molecule has 0 saturated carbocycles. The maximum Gasteiger partial charge on any atom is 0.138 e. The number of hydrogen-bond acceptors (Lipinski definition) is 1. The topological polar surface area (TPSA) is 22.2 Å². The lowest BCUT2D eigenvalue weighted by Crippen LogP contribution is -2.00. The molecule has 0 fully saturated rings. The first kappa shape index (κ1) is 32.5. The SMILES string of the molecule is c1ccc(-c2ccc(-c3cc(-c4ccc(-c5ccccc5)cc4)nc(-n4c5ccccc5c5c4ccc4cc6c7ccccc7c7ccccc7n6c45)c3)cc2)cc1. The van der Waals surface area contributed by atoms with Crippen LogP contribution in [-0.4, -0.2) is 14.0 Å². The average Bonchev–Trinajstić information content (AvgIpc) is 3.86. The van der Waals surface area contributed by atoms with Crippen LogP contribution >= 0.6 is 0 Å². The van der Waals surface area contributed by atoms with Gasteiger partial charge in [0, 0.05) is 32.5 Å². The molecule has 8 aromatic carbocycles. The van der Waals surface area contributed by atoms with Gasteiger partial charge in [0.15, 0.2) is 0 Å². The molecule has 0 saturated heterocycles. The zero-order chi connectivity index (χ0) is 38.2. The summed E-state index contributed by atoms with van der Waals surface area (Å²) in [5.41, 5.74) is 14.9. The van der Waals surface area contributed by atoms with Gasteiger partial charge < -0.3 is 4.40 Å². The van der Waals surface area contributed by atoms with Gasteiger partial charge in [0.1, 0.15) is 5.82 Å². The molecule has 4 aromatic heterocycles. The van der Waals surface area contributed by atoms with Gasteiger partial charge in [-0.2, -0.15) is 0 Å². The van der Waals surface area contributed by atoms with Crippen molar-refractivity contribution in [3.8, 4) is 50.5 Å². The molecule has 0 atom stereocenters. The van der Waals surface area contributed by atoms with E-state index in [0.717, 1.165) is 39.2 Å². The predicted octanol–water partition coefficient (Wildman–Crippen LogP) is 14.6. The highest BCUT2D eigenvalue weighted by Crippen LogP contribution is 2.42. The largest absolute Gasteiger partial charge is 0.308 e. The summed E-state index contributed by atoms with van der Waals surface area (Å²) in [4.78, 5) is 5.52.